The van der Waals surface area contributed by atoms with Gasteiger partial charge in [-0.2, -0.15) is 0 Å². The molecule has 4 unspecified atom stereocenters. The van der Waals surface area contributed by atoms with Crippen LogP contribution in [0.4, 0.5) is 0 Å². The number of fused-ring (bicyclic) bond motifs is 3. The van der Waals surface area contributed by atoms with Crippen LogP contribution in [-0.4, -0.2) is 51.4 Å². The minimum atomic E-state index is -0.0825. The monoisotopic (exact) mass is 419 g/mol. The predicted octanol–water partition coefficient (Wildman–Crippen LogP) is 1.86. The van der Waals surface area contributed by atoms with Gasteiger partial charge in [0, 0.05) is 50.0 Å². The normalized spacial score (nSPS) is 28.1. The summed E-state index contributed by atoms with van der Waals surface area (Å²) in [5.41, 5.74) is 5.57. The number of hydrogen-bond donors (Lipinski definition) is 2. The Kier molecular flexibility index (Phi) is 5.70. The van der Waals surface area contributed by atoms with Gasteiger partial charge in [0.05, 0.1) is 0 Å². The highest BCUT2D eigenvalue weighted by molar-refractivity contribution is 5.84. The molecule has 2 amide bonds. The summed E-state index contributed by atoms with van der Waals surface area (Å²) in [6.07, 6.45) is 6.82. The molecule has 162 valence electrons. The van der Waals surface area contributed by atoms with Gasteiger partial charge in [-0.1, -0.05) is 36.4 Å². The van der Waals surface area contributed by atoms with Crippen LogP contribution in [0.25, 0.3) is 0 Å². The molecule has 1 aliphatic carbocycles. The van der Waals surface area contributed by atoms with E-state index in [9.17, 15) is 9.59 Å². The molecule has 2 N–H and O–H groups in total. The lowest BCUT2D eigenvalue weighted by atomic mass is 9.78. The van der Waals surface area contributed by atoms with Crippen LogP contribution in [0.1, 0.15) is 36.8 Å². The van der Waals surface area contributed by atoms with Crippen molar-refractivity contribution in [3.63, 3.8) is 0 Å². The van der Waals surface area contributed by atoms with E-state index in [2.05, 4.69) is 37.8 Å². The number of hydrazine groups is 1. The van der Waals surface area contributed by atoms with Crippen LogP contribution >= 0.6 is 0 Å². The fourth-order valence-electron chi connectivity index (χ4n) is 5.37. The molecule has 1 aromatic carbocycles. The van der Waals surface area contributed by atoms with Crippen molar-refractivity contribution < 1.29 is 9.59 Å². The molecular weight excluding hydrogens is 390 g/mol. The highest BCUT2D eigenvalue weighted by atomic mass is 16.2. The summed E-state index contributed by atoms with van der Waals surface area (Å²) >= 11 is 0. The van der Waals surface area contributed by atoms with Crippen LogP contribution in [0.5, 0.6) is 0 Å². The van der Waals surface area contributed by atoms with Crippen LogP contribution in [-0.2, 0) is 22.7 Å². The maximum atomic E-state index is 13.4. The Morgan fingerprint density at radius 2 is 1.90 bits per heavy atom. The number of aromatic nitrogens is 1. The number of nitrogens with one attached hydrogen (secondary N) is 2. The molecule has 31 heavy (non-hydrogen) atoms. The molecule has 3 heterocycles. The molecule has 2 aliphatic heterocycles. The molecule has 7 heteroatoms. The van der Waals surface area contributed by atoms with E-state index in [1.54, 1.807) is 12.4 Å². The van der Waals surface area contributed by atoms with Crippen molar-refractivity contribution >= 4 is 11.8 Å². The lowest BCUT2D eigenvalue weighted by molar-refractivity contribution is -0.157. The topological polar surface area (TPSA) is 77.6 Å². The zero-order valence-electron chi connectivity index (χ0n) is 17.6. The number of piperazine rings is 1. The molecule has 0 spiro atoms. The summed E-state index contributed by atoms with van der Waals surface area (Å²) in [7, 11) is 0. The van der Waals surface area contributed by atoms with Crippen LogP contribution < -0.4 is 10.7 Å². The smallest absolute Gasteiger partial charge is 0.242 e. The number of carbonyl (C=O) groups is 2. The maximum Gasteiger partial charge on any atom is 0.242 e. The van der Waals surface area contributed by atoms with Crippen LogP contribution in [0.15, 0.2) is 54.9 Å². The van der Waals surface area contributed by atoms with Crippen molar-refractivity contribution in [3.05, 3.63) is 66.0 Å². The Morgan fingerprint density at radius 1 is 1.06 bits per heavy atom. The minimum absolute atomic E-state index is 0.0393. The molecule has 0 bridgehead atoms. The first kappa shape index (κ1) is 20.2. The van der Waals surface area contributed by atoms with Gasteiger partial charge >= 0.3 is 0 Å². The standard InChI is InChI=1S/C24H29N5O2/c30-23(26-15-18-7-4-11-25-14-18)19-8-9-20-22(13-19)28(16-17-5-2-1-3-6-17)24(31)21-10-12-27-29(20)21/h1-7,11,14,19-22,27H,8-10,12-13,15-16H2,(H,26,30). The zero-order chi connectivity index (χ0) is 21.2. The van der Waals surface area contributed by atoms with Gasteiger partial charge < -0.3 is 10.2 Å². The molecule has 2 aromatic rings. The van der Waals surface area contributed by atoms with Gasteiger partial charge in [0.2, 0.25) is 11.8 Å². The summed E-state index contributed by atoms with van der Waals surface area (Å²) in [5.74, 6) is 0.181. The average molecular weight is 420 g/mol. The Labute approximate surface area is 182 Å². The van der Waals surface area contributed by atoms with Crippen molar-refractivity contribution in [2.45, 2.75) is 56.9 Å². The molecule has 3 aliphatic rings. The van der Waals surface area contributed by atoms with E-state index >= 15 is 0 Å². The third-order valence-corrected chi connectivity index (χ3v) is 6.91. The Balaban J connectivity index is 1.32. The molecule has 5 rings (SSSR count). The second-order valence-electron chi connectivity index (χ2n) is 8.80. The maximum absolute atomic E-state index is 13.4. The lowest BCUT2D eigenvalue weighted by Crippen LogP contribution is -2.68. The van der Waals surface area contributed by atoms with E-state index in [4.69, 9.17) is 0 Å². The number of benzene rings is 1. The highest BCUT2D eigenvalue weighted by Crippen LogP contribution is 2.38. The van der Waals surface area contributed by atoms with E-state index in [0.29, 0.717) is 19.5 Å². The van der Waals surface area contributed by atoms with E-state index in [1.165, 1.54) is 0 Å². The Morgan fingerprint density at radius 3 is 2.71 bits per heavy atom. The molecule has 4 atom stereocenters. The van der Waals surface area contributed by atoms with Gasteiger partial charge in [0.25, 0.3) is 0 Å². The molecule has 0 radical (unpaired) electrons. The summed E-state index contributed by atoms with van der Waals surface area (Å²) in [4.78, 5) is 32.5. The first-order chi connectivity index (χ1) is 15.2. The molecule has 3 fully saturated rings. The number of rotatable bonds is 5. The van der Waals surface area contributed by atoms with Crippen molar-refractivity contribution in [1.82, 2.24) is 25.6 Å². The van der Waals surface area contributed by atoms with E-state index in [0.717, 1.165) is 36.9 Å². The lowest BCUT2D eigenvalue weighted by Gasteiger charge is -2.51. The molecule has 7 nitrogen and oxygen atoms in total. The van der Waals surface area contributed by atoms with Crippen LogP contribution in [0.3, 0.4) is 0 Å². The first-order valence-corrected chi connectivity index (χ1v) is 11.2. The largest absolute Gasteiger partial charge is 0.352 e. The van der Waals surface area contributed by atoms with Crippen molar-refractivity contribution in [2.24, 2.45) is 5.92 Å². The van der Waals surface area contributed by atoms with E-state index in [1.807, 2.05) is 30.3 Å². The second-order valence-corrected chi connectivity index (χ2v) is 8.80. The average Bonchev–Trinajstić information content (AvgIpc) is 3.32. The van der Waals surface area contributed by atoms with Crippen molar-refractivity contribution in [2.75, 3.05) is 6.54 Å². The van der Waals surface area contributed by atoms with Crippen LogP contribution in [0.2, 0.25) is 0 Å². The van der Waals surface area contributed by atoms with Gasteiger partial charge in [0.1, 0.15) is 6.04 Å². The summed E-state index contributed by atoms with van der Waals surface area (Å²) in [6, 6.07) is 14.2. The quantitative estimate of drug-likeness (QED) is 0.774. The molecule has 2 saturated heterocycles. The van der Waals surface area contributed by atoms with Crippen LogP contribution in [0, 0.1) is 5.92 Å². The van der Waals surface area contributed by atoms with Gasteiger partial charge in [-0.3, -0.25) is 20.0 Å². The summed E-state index contributed by atoms with van der Waals surface area (Å²) in [5, 5.41) is 5.27. The van der Waals surface area contributed by atoms with Gasteiger partial charge in [-0.05, 0) is 42.9 Å². The second kappa shape index (κ2) is 8.77. The minimum Gasteiger partial charge on any atom is -0.352 e. The van der Waals surface area contributed by atoms with Crippen molar-refractivity contribution in [1.29, 1.82) is 0 Å². The number of nitrogens with zero attached hydrogens (tertiary/aromatic N) is 3. The number of carbonyl (C=O) groups excluding carboxylic acids is 2. The predicted molar refractivity (Wildman–Crippen MR) is 116 cm³/mol. The highest BCUT2D eigenvalue weighted by Gasteiger charge is 2.51. The van der Waals surface area contributed by atoms with E-state index in [-0.39, 0.29) is 35.9 Å². The number of amides is 2. The Bertz CT molecular complexity index is 922. The SMILES string of the molecule is O=C(NCc1cccnc1)C1CCC2C(C1)N(Cc1ccccc1)C(=O)C1CCNN12. The van der Waals surface area contributed by atoms with Crippen molar-refractivity contribution in [3.8, 4) is 0 Å². The van der Waals surface area contributed by atoms with Gasteiger partial charge in [-0.25, -0.2) is 5.01 Å². The fraction of sp³-hybridized carbons (Fsp3) is 0.458. The van der Waals surface area contributed by atoms with Gasteiger partial charge in [-0.15, -0.1) is 0 Å². The molecule has 1 aromatic heterocycles. The third-order valence-electron chi connectivity index (χ3n) is 6.91. The summed E-state index contributed by atoms with van der Waals surface area (Å²) < 4.78 is 0. The van der Waals surface area contributed by atoms with E-state index < -0.39 is 0 Å². The number of hydrogen-bond acceptors (Lipinski definition) is 5. The Hall–Kier alpha value is -2.77. The molecular formula is C24H29N5O2. The van der Waals surface area contributed by atoms with Gasteiger partial charge in [0.15, 0.2) is 0 Å². The zero-order valence-corrected chi connectivity index (χ0v) is 17.6. The third kappa shape index (κ3) is 4.07. The summed E-state index contributed by atoms with van der Waals surface area (Å²) in [6.45, 7) is 1.93. The number of pyridine rings is 1. The fourth-order valence-corrected chi connectivity index (χ4v) is 5.37. The first-order valence-electron chi connectivity index (χ1n) is 11.2. The molecule has 1 saturated carbocycles.